The molecule has 0 atom stereocenters. The van der Waals surface area contributed by atoms with E-state index >= 15 is 0 Å². The number of nitrogens with two attached hydrogens (primary N) is 1. The highest BCUT2D eigenvalue weighted by molar-refractivity contribution is 7.89. The predicted molar refractivity (Wildman–Crippen MR) is 82.3 cm³/mol. The maximum atomic E-state index is 12.3. The Morgan fingerprint density at radius 2 is 1.95 bits per heavy atom. The summed E-state index contributed by atoms with van der Waals surface area (Å²) in [4.78, 5) is 9.92. The van der Waals surface area contributed by atoms with E-state index in [4.69, 9.17) is 10.5 Å². The zero-order chi connectivity index (χ0) is 17.0. The molecule has 9 heteroatoms. The van der Waals surface area contributed by atoms with Crippen molar-refractivity contribution in [2.45, 2.75) is 37.1 Å². The fourth-order valence-corrected chi connectivity index (χ4v) is 3.10. The molecule has 0 fully saturated rings. The van der Waals surface area contributed by atoms with Gasteiger partial charge in [-0.3, -0.25) is 10.1 Å². The summed E-state index contributed by atoms with van der Waals surface area (Å²) in [6.45, 7) is 3.72. The van der Waals surface area contributed by atoms with Crippen LogP contribution in [0.3, 0.4) is 0 Å². The molecule has 124 valence electrons. The van der Waals surface area contributed by atoms with Crippen LogP contribution in [-0.2, 0) is 10.0 Å². The first-order valence-corrected chi connectivity index (χ1v) is 8.28. The SMILES string of the molecule is CCC(N)(CC)CNS(=O)(=O)c1ccc(OC)cc1[N+](=O)[O-]. The van der Waals surface area contributed by atoms with Crippen LogP contribution < -0.4 is 15.2 Å². The number of nitro benzene ring substituents is 1. The van der Waals surface area contributed by atoms with Crippen LogP contribution in [0.2, 0.25) is 0 Å². The Kier molecular flexibility index (Phi) is 5.86. The summed E-state index contributed by atoms with van der Waals surface area (Å²) in [5, 5.41) is 11.1. The Balaban J connectivity index is 3.15. The van der Waals surface area contributed by atoms with Crippen molar-refractivity contribution in [3.63, 3.8) is 0 Å². The second-order valence-electron chi connectivity index (χ2n) is 4.98. The van der Waals surface area contributed by atoms with Crippen molar-refractivity contribution in [3.05, 3.63) is 28.3 Å². The number of sulfonamides is 1. The smallest absolute Gasteiger partial charge is 0.293 e. The van der Waals surface area contributed by atoms with Crippen molar-refractivity contribution in [3.8, 4) is 5.75 Å². The van der Waals surface area contributed by atoms with Gasteiger partial charge in [-0.05, 0) is 25.0 Å². The normalized spacial score (nSPS) is 12.2. The second-order valence-corrected chi connectivity index (χ2v) is 6.72. The summed E-state index contributed by atoms with van der Waals surface area (Å²) in [5.41, 5.74) is 4.82. The van der Waals surface area contributed by atoms with E-state index in [1.165, 1.54) is 13.2 Å². The second kappa shape index (κ2) is 7.03. The summed E-state index contributed by atoms with van der Waals surface area (Å²) in [5.74, 6) is 0.209. The monoisotopic (exact) mass is 331 g/mol. The number of nitrogens with zero attached hydrogens (tertiary/aromatic N) is 1. The van der Waals surface area contributed by atoms with Crippen LogP contribution in [0.15, 0.2) is 23.1 Å². The average molecular weight is 331 g/mol. The summed E-state index contributed by atoms with van der Waals surface area (Å²) < 4.78 is 31.9. The summed E-state index contributed by atoms with van der Waals surface area (Å²) in [6.07, 6.45) is 1.16. The first-order valence-electron chi connectivity index (χ1n) is 6.80. The molecule has 1 aromatic carbocycles. The fourth-order valence-electron chi connectivity index (χ4n) is 1.81. The van der Waals surface area contributed by atoms with Crippen LogP contribution in [0, 0.1) is 10.1 Å². The van der Waals surface area contributed by atoms with Gasteiger partial charge in [0, 0.05) is 12.1 Å². The van der Waals surface area contributed by atoms with Crippen molar-refractivity contribution in [2.24, 2.45) is 5.73 Å². The molecule has 1 rings (SSSR count). The molecular weight excluding hydrogens is 310 g/mol. The van der Waals surface area contributed by atoms with E-state index in [9.17, 15) is 18.5 Å². The van der Waals surface area contributed by atoms with Gasteiger partial charge in [-0.1, -0.05) is 13.8 Å². The van der Waals surface area contributed by atoms with E-state index in [0.29, 0.717) is 12.8 Å². The van der Waals surface area contributed by atoms with E-state index in [-0.39, 0.29) is 12.3 Å². The lowest BCUT2D eigenvalue weighted by atomic mass is 9.95. The molecule has 0 aromatic heterocycles. The zero-order valence-electron chi connectivity index (χ0n) is 12.8. The molecule has 8 nitrogen and oxygen atoms in total. The minimum absolute atomic E-state index is 0.00547. The third kappa shape index (κ3) is 4.15. The molecule has 0 saturated carbocycles. The lowest BCUT2D eigenvalue weighted by molar-refractivity contribution is -0.387. The lowest BCUT2D eigenvalue weighted by Crippen LogP contribution is -2.49. The van der Waals surface area contributed by atoms with Crippen LogP contribution in [0.1, 0.15) is 26.7 Å². The largest absolute Gasteiger partial charge is 0.497 e. The van der Waals surface area contributed by atoms with E-state index in [1.807, 2.05) is 13.8 Å². The van der Waals surface area contributed by atoms with Crippen molar-refractivity contribution in [2.75, 3.05) is 13.7 Å². The third-order valence-corrected chi connectivity index (χ3v) is 5.12. The van der Waals surface area contributed by atoms with Crippen LogP contribution in [0.5, 0.6) is 5.75 Å². The van der Waals surface area contributed by atoms with Crippen LogP contribution in [0.4, 0.5) is 5.69 Å². The topological polar surface area (TPSA) is 125 Å². The van der Waals surface area contributed by atoms with Crippen LogP contribution in [0.25, 0.3) is 0 Å². The number of hydrogen-bond donors (Lipinski definition) is 2. The minimum atomic E-state index is -4.04. The number of hydrogen-bond acceptors (Lipinski definition) is 6. The Bertz CT molecular complexity index is 641. The molecule has 0 saturated heterocycles. The Morgan fingerprint density at radius 3 is 2.41 bits per heavy atom. The standard InChI is InChI=1S/C13H21N3O5S/c1-4-13(14,5-2)9-15-22(19,20)12-7-6-10(21-3)8-11(12)16(17)18/h6-8,15H,4-5,9,14H2,1-3H3. The summed E-state index contributed by atoms with van der Waals surface area (Å²) >= 11 is 0. The van der Waals surface area contributed by atoms with E-state index < -0.39 is 31.1 Å². The summed E-state index contributed by atoms with van der Waals surface area (Å²) in [7, 11) is -2.70. The predicted octanol–water partition coefficient (Wildman–Crippen LogP) is 1.40. The number of nitro groups is 1. The average Bonchev–Trinajstić information content (AvgIpc) is 2.52. The van der Waals surface area contributed by atoms with Gasteiger partial charge in [0.05, 0.1) is 18.1 Å². The molecule has 0 heterocycles. The Morgan fingerprint density at radius 1 is 1.36 bits per heavy atom. The van der Waals surface area contributed by atoms with Crippen LogP contribution in [-0.4, -0.2) is 32.5 Å². The lowest BCUT2D eigenvalue weighted by Gasteiger charge is -2.26. The number of methoxy groups -OCH3 is 1. The van der Waals surface area contributed by atoms with Gasteiger partial charge in [0.2, 0.25) is 10.0 Å². The highest BCUT2D eigenvalue weighted by Gasteiger charge is 2.29. The summed E-state index contributed by atoms with van der Waals surface area (Å²) in [6, 6.07) is 3.58. The highest BCUT2D eigenvalue weighted by Crippen LogP contribution is 2.28. The molecule has 0 aliphatic rings. The van der Waals surface area contributed by atoms with Crippen LogP contribution >= 0.6 is 0 Å². The molecular formula is C13H21N3O5S. The van der Waals surface area contributed by atoms with Gasteiger partial charge < -0.3 is 10.5 Å². The molecule has 0 aliphatic heterocycles. The van der Waals surface area contributed by atoms with Crippen molar-refractivity contribution in [1.82, 2.24) is 4.72 Å². The van der Waals surface area contributed by atoms with Gasteiger partial charge in [-0.15, -0.1) is 0 Å². The third-order valence-electron chi connectivity index (χ3n) is 3.67. The first kappa shape index (κ1) is 18.3. The number of nitrogens with one attached hydrogen (secondary N) is 1. The van der Waals surface area contributed by atoms with Crippen molar-refractivity contribution in [1.29, 1.82) is 0 Å². The van der Waals surface area contributed by atoms with Crippen molar-refractivity contribution >= 4 is 15.7 Å². The maximum Gasteiger partial charge on any atom is 0.293 e. The molecule has 0 spiro atoms. The van der Waals surface area contributed by atoms with Crippen molar-refractivity contribution < 1.29 is 18.1 Å². The molecule has 0 unspecified atom stereocenters. The minimum Gasteiger partial charge on any atom is -0.497 e. The molecule has 22 heavy (non-hydrogen) atoms. The molecule has 3 N–H and O–H groups in total. The number of ether oxygens (including phenoxy) is 1. The number of rotatable bonds is 8. The molecule has 0 aliphatic carbocycles. The van der Waals surface area contributed by atoms with Gasteiger partial charge in [0.25, 0.3) is 5.69 Å². The molecule has 0 radical (unpaired) electrons. The fraction of sp³-hybridized carbons (Fsp3) is 0.538. The number of benzene rings is 1. The maximum absolute atomic E-state index is 12.3. The quantitative estimate of drug-likeness (QED) is 0.548. The molecule has 0 bridgehead atoms. The van der Waals surface area contributed by atoms with Gasteiger partial charge in [-0.25, -0.2) is 13.1 Å². The van der Waals surface area contributed by atoms with Gasteiger partial charge in [0.1, 0.15) is 5.75 Å². The molecule has 0 amide bonds. The highest BCUT2D eigenvalue weighted by atomic mass is 32.2. The van der Waals surface area contributed by atoms with E-state index in [0.717, 1.165) is 12.1 Å². The van der Waals surface area contributed by atoms with Gasteiger partial charge in [0.15, 0.2) is 4.90 Å². The van der Waals surface area contributed by atoms with Gasteiger partial charge >= 0.3 is 0 Å². The Hall–Kier alpha value is -1.71. The zero-order valence-corrected chi connectivity index (χ0v) is 13.6. The van der Waals surface area contributed by atoms with Gasteiger partial charge in [-0.2, -0.15) is 0 Å². The Labute approximate surface area is 129 Å². The molecule has 1 aromatic rings. The van der Waals surface area contributed by atoms with E-state index in [2.05, 4.69) is 4.72 Å². The van der Waals surface area contributed by atoms with E-state index in [1.54, 1.807) is 0 Å². The first-order chi connectivity index (χ1) is 10.2.